The van der Waals surface area contributed by atoms with Crippen LogP contribution in [0.3, 0.4) is 0 Å². The van der Waals surface area contributed by atoms with Crippen molar-refractivity contribution in [3.8, 4) is 34.5 Å². The highest BCUT2D eigenvalue weighted by atomic mass is 31.2. The Labute approximate surface area is 346 Å². The highest BCUT2D eigenvalue weighted by Crippen LogP contribution is 2.61. The summed E-state index contributed by atoms with van der Waals surface area (Å²) in [6, 6.07) is 19.0. The maximum atomic E-state index is 13.5. The van der Waals surface area contributed by atoms with Gasteiger partial charge in [0.1, 0.15) is 24.7 Å². The molecule has 0 aliphatic carbocycles. The van der Waals surface area contributed by atoms with Crippen molar-refractivity contribution >= 4 is 36.0 Å². The fourth-order valence-corrected chi connectivity index (χ4v) is 11.9. The first-order chi connectivity index (χ1) is 28.8. The number of aryl methyl sites for hydroxylation is 4. The van der Waals surface area contributed by atoms with Gasteiger partial charge in [-0.1, -0.05) is 52.0 Å². The summed E-state index contributed by atoms with van der Waals surface area (Å²) in [4.78, 5) is 0. The van der Waals surface area contributed by atoms with E-state index in [4.69, 9.17) is 42.2 Å². The number of ether oxygens (including phenoxy) is 7. The van der Waals surface area contributed by atoms with Crippen LogP contribution >= 0.6 is 14.7 Å². The summed E-state index contributed by atoms with van der Waals surface area (Å²) in [5.41, 5.74) is 4.04. The van der Waals surface area contributed by atoms with Crippen molar-refractivity contribution in [2.24, 2.45) is 0 Å². The molecule has 0 radical (unpaired) electrons. The number of aliphatic hydroxyl groups is 2. The van der Waals surface area contributed by atoms with E-state index in [0.29, 0.717) is 108 Å². The van der Waals surface area contributed by atoms with Crippen molar-refractivity contribution in [1.82, 2.24) is 0 Å². The van der Waals surface area contributed by atoms with E-state index in [0.717, 1.165) is 35.1 Å². The second kappa shape index (κ2) is 21.2. The molecule has 0 saturated heterocycles. The number of rotatable bonds is 28. The van der Waals surface area contributed by atoms with Gasteiger partial charge in [0.05, 0.1) is 87.3 Å². The van der Waals surface area contributed by atoms with E-state index in [-0.39, 0.29) is 39.6 Å². The Balaban J connectivity index is 0.886. The molecule has 2 N–H and O–H groups in total. The smallest absolute Gasteiger partial charge is 0.267 e. The second-order valence-electron chi connectivity index (χ2n) is 13.8. The first kappa shape index (κ1) is 44.8. The summed E-state index contributed by atoms with van der Waals surface area (Å²) in [5.74, 6) is 3.05. The molecule has 320 valence electrons. The lowest BCUT2D eigenvalue weighted by Crippen LogP contribution is -2.14. The molecule has 0 aromatic heterocycles. The minimum absolute atomic E-state index is 0.00765. The van der Waals surface area contributed by atoms with Gasteiger partial charge in [-0.25, -0.2) is 0 Å². The number of hydrogen-bond acceptors (Lipinski definition) is 13. The lowest BCUT2D eigenvalue weighted by atomic mass is 10.1. The summed E-state index contributed by atoms with van der Waals surface area (Å²) in [7, 11) is -6.33. The Hall–Kier alpha value is -3.74. The monoisotopic (exact) mass is 854 g/mol. The molecule has 2 aliphatic heterocycles. The van der Waals surface area contributed by atoms with Crippen molar-refractivity contribution in [1.29, 1.82) is 0 Å². The van der Waals surface area contributed by atoms with Crippen LogP contribution in [0.2, 0.25) is 0 Å². The molecule has 4 aromatic rings. The van der Waals surface area contributed by atoms with Crippen LogP contribution in [0.1, 0.15) is 49.9 Å². The predicted molar refractivity (Wildman–Crippen MR) is 227 cm³/mol. The fourth-order valence-electron chi connectivity index (χ4n) is 6.78. The Kier molecular flexibility index (Phi) is 16.1. The van der Waals surface area contributed by atoms with Crippen molar-refractivity contribution in [2.75, 3.05) is 79.3 Å². The Morgan fingerprint density at radius 2 is 0.797 bits per heavy atom. The van der Waals surface area contributed by atoms with E-state index in [1.165, 1.54) is 0 Å². The van der Waals surface area contributed by atoms with E-state index in [2.05, 4.69) is 13.8 Å². The minimum atomic E-state index is -3.17. The molecule has 2 aliphatic rings. The van der Waals surface area contributed by atoms with Crippen molar-refractivity contribution in [2.45, 2.75) is 53.4 Å². The van der Waals surface area contributed by atoms with E-state index >= 15 is 0 Å². The topological polar surface area (TPSA) is 158 Å². The van der Waals surface area contributed by atoms with E-state index in [1.54, 1.807) is 0 Å². The number of benzene rings is 4. The van der Waals surface area contributed by atoms with Gasteiger partial charge in [0.25, 0.3) is 14.7 Å². The zero-order valence-electron chi connectivity index (χ0n) is 34.4. The molecule has 0 spiro atoms. The van der Waals surface area contributed by atoms with Gasteiger partial charge >= 0.3 is 0 Å². The number of hydrogen-bond donors (Lipinski definition) is 2. The molecule has 4 aromatic carbocycles. The highest BCUT2D eigenvalue weighted by Gasteiger charge is 2.54. The third kappa shape index (κ3) is 10.6. The Bertz CT molecular complexity index is 1990. The third-order valence-corrected chi connectivity index (χ3v) is 14.9. The predicted octanol–water partition coefficient (Wildman–Crippen LogP) is 6.13. The van der Waals surface area contributed by atoms with E-state index in [9.17, 15) is 19.3 Å². The maximum absolute atomic E-state index is 13.5. The van der Waals surface area contributed by atoms with Crippen LogP contribution in [0.5, 0.6) is 34.5 Å². The van der Waals surface area contributed by atoms with Gasteiger partial charge in [0.2, 0.25) is 0 Å². The normalized spacial score (nSPS) is 17.3. The SMILES string of the molecule is CCc1ccc(OCCOCCOCCOCCOc2ccc(CC)cc2Oc2ccc(CC)c3c2P3(=O)OCCO)c(Oc2ccc(CC)c3c2P3(=O)OCCO)c1. The summed E-state index contributed by atoms with van der Waals surface area (Å²) in [6.45, 7) is 10.5. The van der Waals surface area contributed by atoms with Gasteiger partial charge < -0.3 is 52.4 Å². The lowest BCUT2D eigenvalue weighted by molar-refractivity contribution is 0.00482. The van der Waals surface area contributed by atoms with Crippen LogP contribution in [-0.4, -0.2) is 89.5 Å². The zero-order chi connectivity index (χ0) is 41.8. The Morgan fingerprint density at radius 1 is 0.424 bits per heavy atom. The van der Waals surface area contributed by atoms with Crippen LogP contribution in [0.25, 0.3) is 0 Å². The first-order valence-corrected chi connectivity index (χ1v) is 23.7. The molecule has 6 rings (SSSR count). The second-order valence-corrected chi connectivity index (χ2v) is 18.3. The van der Waals surface area contributed by atoms with Crippen LogP contribution in [0, 0.1) is 0 Å². The van der Waals surface area contributed by atoms with E-state index < -0.39 is 14.7 Å². The molecule has 0 fully saturated rings. The number of aliphatic hydroxyl groups excluding tert-OH is 2. The Morgan fingerprint density at radius 3 is 1.15 bits per heavy atom. The highest BCUT2D eigenvalue weighted by molar-refractivity contribution is 7.86. The van der Waals surface area contributed by atoms with Crippen LogP contribution in [0.15, 0.2) is 60.7 Å². The summed E-state index contributed by atoms with van der Waals surface area (Å²) in [5, 5.41) is 21.0. The molecule has 15 heteroatoms. The first-order valence-electron chi connectivity index (χ1n) is 20.4. The molecular weight excluding hydrogens is 798 g/mol. The van der Waals surface area contributed by atoms with Crippen molar-refractivity contribution in [3.63, 3.8) is 0 Å². The molecule has 0 saturated carbocycles. The quantitative estimate of drug-likeness (QED) is 0.0497. The van der Waals surface area contributed by atoms with Gasteiger partial charge in [-0.05, 0) is 84.3 Å². The fraction of sp³-hybridized carbons (Fsp3) is 0.455. The average Bonchev–Trinajstić information content (AvgIpc) is 4.11. The van der Waals surface area contributed by atoms with Crippen molar-refractivity contribution < 1.29 is 61.5 Å². The van der Waals surface area contributed by atoms with E-state index in [1.807, 2.05) is 74.5 Å². The minimum Gasteiger partial charge on any atom is -0.487 e. The van der Waals surface area contributed by atoms with Crippen molar-refractivity contribution in [3.05, 3.63) is 82.9 Å². The third-order valence-electron chi connectivity index (χ3n) is 9.95. The lowest BCUT2D eigenvalue weighted by Gasteiger charge is -2.14. The van der Waals surface area contributed by atoms with Gasteiger partial charge in [-0.2, -0.15) is 0 Å². The van der Waals surface area contributed by atoms with Gasteiger partial charge in [-0.15, -0.1) is 0 Å². The molecule has 0 amide bonds. The molecular formula is C44H56O13P2. The zero-order valence-corrected chi connectivity index (χ0v) is 36.2. The number of fused-ring (bicyclic) bond motifs is 2. The molecule has 2 heterocycles. The van der Waals surface area contributed by atoms with Crippen LogP contribution in [0.4, 0.5) is 0 Å². The molecule has 0 bridgehead atoms. The summed E-state index contributed by atoms with van der Waals surface area (Å²) >= 11 is 0. The van der Waals surface area contributed by atoms with Crippen LogP contribution in [-0.2, 0) is 58.1 Å². The van der Waals surface area contributed by atoms with Gasteiger partial charge in [0.15, 0.2) is 23.0 Å². The van der Waals surface area contributed by atoms with Crippen LogP contribution < -0.4 is 40.2 Å². The largest absolute Gasteiger partial charge is 0.487 e. The molecule has 59 heavy (non-hydrogen) atoms. The molecule has 2 atom stereocenters. The molecule has 2 unspecified atom stereocenters. The standard InChI is InChI=1S/C44H56O13P2/c1-5-31-9-13-35(39(29-31)56-37-15-11-33(7-3)41-43(37)58(41,47)54-19-17-45)52-27-25-50-23-21-49-22-24-51-26-28-53-36-14-10-32(6-2)30-40(36)57-38-16-12-34(8-4)42-44(38)59(42,48)55-20-18-46/h9-16,29-30,45-46H,5-8,17-28H2,1-4H3. The summed E-state index contributed by atoms with van der Waals surface area (Å²) in [6.07, 6.45) is 3.04. The average molecular weight is 855 g/mol. The molecule has 13 nitrogen and oxygen atoms in total. The van der Waals surface area contributed by atoms with Gasteiger partial charge in [0, 0.05) is 0 Å². The summed E-state index contributed by atoms with van der Waals surface area (Å²) < 4.78 is 80.1. The maximum Gasteiger partial charge on any atom is 0.267 e. The van der Waals surface area contributed by atoms with Gasteiger partial charge in [-0.3, -0.25) is 9.13 Å².